The highest BCUT2D eigenvalue weighted by Crippen LogP contribution is 2.26. The zero-order valence-corrected chi connectivity index (χ0v) is 11.3. The summed E-state index contributed by atoms with van der Waals surface area (Å²) in [5, 5.41) is 3.46. The Hall–Kier alpha value is -1.80. The van der Waals surface area contributed by atoms with Crippen LogP contribution in [0.4, 0.5) is 15.8 Å². The Bertz CT molecular complexity index is 710. The van der Waals surface area contributed by atoms with Gasteiger partial charge in [0.1, 0.15) is 5.82 Å². The zero-order chi connectivity index (χ0) is 14.2. The van der Waals surface area contributed by atoms with Crippen molar-refractivity contribution in [3.8, 4) is 0 Å². The minimum atomic E-state index is -4.00. The molecule has 1 aromatic carbocycles. The quantitative estimate of drug-likeness (QED) is 0.843. The Morgan fingerprint density at radius 1 is 1.47 bits per heavy atom. The number of anilines is 2. The Morgan fingerprint density at radius 3 is 2.74 bits per heavy atom. The molecule has 2 rings (SSSR count). The van der Waals surface area contributed by atoms with Gasteiger partial charge in [0.2, 0.25) is 0 Å². The zero-order valence-electron chi connectivity index (χ0n) is 9.76. The third-order valence-electron chi connectivity index (χ3n) is 2.36. The number of sulfonamides is 1. The fraction of sp³-hybridized carbons (Fsp3) is 0.100. The summed E-state index contributed by atoms with van der Waals surface area (Å²) >= 11 is 5.76. The van der Waals surface area contributed by atoms with Crippen molar-refractivity contribution in [3.05, 3.63) is 35.2 Å². The Labute approximate surface area is 114 Å². The van der Waals surface area contributed by atoms with Crippen LogP contribution in [-0.2, 0) is 17.1 Å². The molecule has 0 aliphatic rings. The van der Waals surface area contributed by atoms with Gasteiger partial charge in [0.05, 0.1) is 22.6 Å². The van der Waals surface area contributed by atoms with Gasteiger partial charge in [-0.25, -0.2) is 4.39 Å². The Morgan fingerprint density at radius 2 is 2.16 bits per heavy atom. The molecule has 0 saturated heterocycles. The molecule has 9 heteroatoms. The van der Waals surface area contributed by atoms with Crippen LogP contribution in [0.15, 0.2) is 29.4 Å². The van der Waals surface area contributed by atoms with E-state index in [1.807, 2.05) is 0 Å². The van der Waals surface area contributed by atoms with Crippen molar-refractivity contribution in [1.82, 2.24) is 9.78 Å². The van der Waals surface area contributed by atoms with E-state index >= 15 is 0 Å². The summed E-state index contributed by atoms with van der Waals surface area (Å²) in [6.45, 7) is 0. The minimum absolute atomic E-state index is 0.0371. The van der Waals surface area contributed by atoms with Gasteiger partial charge in [-0.3, -0.25) is 9.40 Å². The van der Waals surface area contributed by atoms with Crippen molar-refractivity contribution in [2.45, 2.75) is 5.03 Å². The molecule has 0 aliphatic heterocycles. The number of nitrogens with two attached hydrogens (primary N) is 1. The highest BCUT2D eigenvalue weighted by molar-refractivity contribution is 7.92. The smallest absolute Gasteiger partial charge is 0.280 e. The number of halogens is 2. The van der Waals surface area contributed by atoms with Gasteiger partial charge in [0.25, 0.3) is 10.0 Å². The maximum atomic E-state index is 13.1. The molecule has 0 aliphatic carbocycles. The summed E-state index contributed by atoms with van der Waals surface area (Å²) in [4.78, 5) is 0. The number of nitrogen functional groups attached to an aromatic ring is 1. The molecule has 0 radical (unpaired) electrons. The molecular weight excluding hydrogens is 295 g/mol. The molecular formula is C10H10ClFN4O2S. The molecule has 0 fully saturated rings. The highest BCUT2D eigenvalue weighted by atomic mass is 35.5. The SMILES string of the molecule is Cn1ncc(Cl)c1S(=O)(=O)Nc1cc(F)ccc1N. The first-order chi connectivity index (χ1) is 8.81. The monoisotopic (exact) mass is 304 g/mol. The van der Waals surface area contributed by atoms with Crippen molar-refractivity contribution >= 4 is 33.0 Å². The molecule has 1 aromatic heterocycles. The number of nitrogens with zero attached hydrogens (tertiary/aromatic N) is 2. The van der Waals surface area contributed by atoms with Gasteiger partial charge >= 0.3 is 0 Å². The summed E-state index contributed by atoms with van der Waals surface area (Å²) in [7, 11) is -2.57. The Kier molecular flexibility index (Phi) is 3.38. The van der Waals surface area contributed by atoms with Gasteiger partial charge in [-0.1, -0.05) is 11.6 Å². The molecule has 6 nitrogen and oxygen atoms in total. The topological polar surface area (TPSA) is 90.0 Å². The molecule has 102 valence electrons. The fourth-order valence-corrected chi connectivity index (χ4v) is 3.25. The van der Waals surface area contributed by atoms with E-state index < -0.39 is 15.8 Å². The number of hydrogen-bond acceptors (Lipinski definition) is 4. The van der Waals surface area contributed by atoms with Crippen LogP contribution in [0.3, 0.4) is 0 Å². The lowest BCUT2D eigenvalue weighted by molar-refractivity contribution is 0.582. The first kappa shape index (κ1) is 13.6. The van der Waals surface area contributed by atoms with Crippen LogP contribution in [0.25, 0.3) is 0 Å². The summed E-state index contributed by atoms with van der Waals surface area (Å²) in [5.41, 5.74) is 5.62. The predicted octanol–water partition coefficient (Wildman–Crippen LogP) is 1.60. The lowest BCUT2D eigenvalue weighted by atomic mass is 10.3. The highest BCUT2D eigenvalue weighted by Gasteiger charge is 2.23. The third kappa shape index (κ3) is 2.64. The average molecular weight is 305 g/mol. The third-order valence-corrected chi connectivity index (χ3v) is 4.23. The van der Waals surface area contributed by atoms with Crippen LogP contribution < -0.4 is 10.5 Å². The van der Waals surface area contributed by atoms with E-state index in [2.05, 4.69) is 9.82 Å². The van der Waals surface area contributed by atoms with Crippen LogP contribution >= 0.6 is 11.6 Å². The second-order valence-corrected chi connectivity index (χ2v) is 5.76. The second kappa shape index (κ2) is 4.71. The van der Waals surface area contributed by atoms with Crippen molar-refractivity contribution in [3.63, 3.8) is 0 Å². The number of benzene rings is 1. The summed E-state index contributed by atoms with van der Waals surface area (Å²) in [6, 6.07) is 3.37. The minimum Gasteiger partial charge on any atom is -0.397 e. The second-order valence-electron chi connectivity index (χ2n) is 3.76. The van der Waals surface area contributed by atoms with Crippen molar-refractivity contribution in [2.75, 3.05) is 10.5 Å². The number of aromatic nitrogens is 2. The maximum absolute atomic E-state index is 13.1. The number of rotatable bonds is 3. The standard InChI is InChI=1S/C10H10ClFN4O2S/c1-16-10(7(11)5-14-16)19(17,18)15-9-4-6(12)2-3-8(9)13/h2-5,15H,13H2,1H3. The normalized spacial score (nSPS) is 11.5. The molecule has 0 atom stereocenters. The van der Waals surface area contributed by atoms with Gasteiger partial charge < -0.3 is 5.73 Å². The summed E-state index contributed by atoms with van der Waals surface area (Å²) in [5.74, 6) is -0.608. The van der Waals surface area contributed by atoms with E-state index in [9.17, 15) is 12.8 Å². The largest absolute Gasteiger partial charge is 0.397 e. The van der Waals surface area contributed by atoms with Crippen LogP contribution in [-0.4, -0.2) is 18.2 Å². The predicted molar refractivity (Wildman–Crippen MR) is 69.8 cm³/mol. The van der Waals surface area contributed by atoms with Crippen LogP contribution in [0.5, 0.6) is 0 Å². The van der Waals surface area contributed by atoms with E-state index in [-0.39, 0.29) is 21.4 Å². The van der Waals surface area contributed by atoms with Gasteiger partial charge in [-0.2, -0.15) is 13.5 Å². The van der Waals surface area contributed by atoms with Crippen molar-refractivity contribution < 1.29 is 12.8 Å². The van der Waals surface area contributed by atoms with Crippen LogP contribution in [0.2, 0.25) is 5.02 Å². The van der Waals surface area contributed by atoms with Crippen molar-refractivity contribution in [2.24, 2.45) is 7.05 Å². The van der Waals surface area contributed by atoms with Gasteiger partial charge in [0.15, 0.2) is 5.03 Å². The van der Waals surface area contributed by atoms with E-state index in [0.29, 0.717) is 0 Å². The van der Waals surface area contributed by atoms with Crippen molar-refractivity contribution in [1.29, 1.82) is 0 Å². The van der Waals surface area contributed by atoms with E-state index in [4.69, 9.17) is 17.3 Å². The molecule has 1 heterocycles. The van der Waals surface area contributed by atoms with E-state index in [1.54, 1.807) is 0 Å². The van der Waals surface area contributed by atoms with Gasteiger partial charge in [0, 0.05) is 13.1 Å². The number of aryl methyl sites for hydroxylation is 1. The molecule has 0 unspecified atom stereocenters. The molecule has 0 spiro atoms. The summed E-state index contributed by atoms with van der Waals surface area (Å²) in [6.07, 6.45) is 1.20. The summed E-state index contributed by atoms with van der Waals surface area (Å²) < 4.78 is 40.6. The van der Waals surface area contributed by atoms with Gasteiger partial charge in [-0.05, 0) is 12.1 Å². The fourth-order valence-electron chi connectivity index (χ4n) is 1.51. The number of nitrogens with one attached hydrogen (secondary N) is 1. The maximum Gasteiger partial charge on any atom is 0.280 e. The molecule has 0 saturated carbocycles. The lowest BCUT2D eigenvalue weighted by Gasteiger charge is -2.10. The molecule has 2 aromatic rings. The van der Waals surface area contributed by atoms with E-state index in [1.165, 1.54) is 19.3 Å². The molecule has 0 amide bonds. The van der Waals surface area contributed by atoms with Crippen LogP contribution in [0, 0.1) is 5.82 Å². The molecule has 19 heavy (non-hydrogen) atoms. The molecule has 0 bridgehead atoms. The van der Waals surface area contributed by atoms with E-state index in [0.717, 1.165) is 16.8 Å². The number of hydrogen-bond donors (Lipinski definition) is 2. The average Bonchev–Trinajstić information content (AvgIpc) is 2.64. The molecule has 3 N–H and O–H groups in total. The first-order valence-electron chi connectivity index (χ1n) is 5.06. The van der Waals surface area contributed by atoms with Gasteiger partial charge in [-0.15, -0.1) is 0 Å². The van der Waals surface area contributed by atoms with Crippen LogP contribution in [0.1, 0.15) is 0 Å². The lowest BCUT2D eigenvalue weighted by Crippen LogP contribution is -2.18. The Balaban J connectivity index is 2.45. The first-order valence-corrected chi connectivity index (χ1v) is 6.93.